The second kappa shape index (κ2) is 17.3. The number of benzene rings is 11. The lowest BCUT2D eigenvalue weighted by atomic mass is 10.00. The average Bonchev–Trinajstić information content (AvgIpc) is 4.19. The summed E-state index contributed by atoms with van der Waals surface area (Å²) in [4.78, 5) is 15.3. The molecule has 0 N–H and O–H groups in total. The number of para-hydroxylation sites is 5. The molecule has 0 bridgehead atoms. The summed E-state index contributed by atoms with van der Waals surface area (Å²) in [7, 11) is 0. The Morgan fingerprint density at radius 2 is 0.560 bits per heavy atom. The van der Waals surface area contributed by atoms with Gasteiger partial charge in [-0.2, -0.15) is 0 Å². The molecule has 6 heteroatoms. The zero-order valence-corrected chi connectivity index (χ0v) is 40.6. The van der Waals surface area contributed by atoms with E-state index in [1.54, 1.807) is 0 Å². The van der Waals surface area contributed by atoms with Gasteiger partial charge in [-0.15, -0.1) is 0 Å². The van der Waals surface area contributed by atoms with E-state index in [9.17, 15) is 0 Å². The smallest absolute Gasteiger partial charge is 0.164 e. The third-order valence-corrected chi connectivity index (χ3v) is 14.9. The standard InChI is InChI=1S/C69H44N6/c1-4-18-46(19-5-1)67-70-68(47-20-6-2-7-21-47)72-69(71-67)50-34-39-53(66(44-50)75-62-30-16-10-24-54(62)55-25-11-17-31-63(55)75)45-32-37-52(38-33-45)74-61-29-15-13-27-57(61)59-43-49(36-41-65(59)74)48-35-40-64-58(42-48)56-26-12-14-28-60(56)73(64)51-22-8-3-9-23-51/h1-44H. The van der Waals surface area contributed by atoms with Gasteiger partial charge in [0.25, 0.3) is 0 Å². The van der Waals surface area contributed by atoms with Crippen LogP contribution >= 0.6 is 0 Å². The van der Waals surface area contributed by atoms with Crippen LogP contribution in [0.4, 0.5) is 0 Å². The van der Waals surface area contributed by atoms with Gasteiger partial charge in [0.2, 0.25) is 0 Å². The molecular formula is C69H44N6. The first-order valence-electron chi connectivity index (χ1n) is 25.4. The molecule has 4 heterocycles. The molecule has 15 rings (SSSR count). The quantitative estimate of drug-likeness (QED) is 0.152. The molecule has 0 aliphatic heterocycles. The van der Waals surface area contributed by atoms with Crippen LogP contribution in [0.5, 0.6) is 0 Å². The molecule has 75 heavy (non-hydrogen) atoms. The molecule has 15 aromatic rings. The number of nitrogens with zero attached hydrogens (tertiary/aromatic N) is 6. The minimum atomic E-state index is 0.609. The van der Waals surface area contributed by atoms with E-state index in [2.05, 4.69) is 244 Å². The Morgan fingerprint density at radius 3 is 1.04 bits per heavy atom. The summed E-state index contributed by atoms with van der Waals surface area (Å²) in [6, 6.07) is 95.4. The summed E-state index contributed by atoms with van der Waals surface area (Å²) in [6.07, 6.45) is 0. The monoisotopic (exact) mass is 956 g/mol. The van der Waals surface area contributed by atoms with Crippen LogP contribution < -0.4 is 0 Å². The summed E-state index contributed by atoms with van der Waals surface area (Å²) in [6.45, 7) is 0. The van der Waals surface area contributed by atoms with Gasteiger partial charge in [0.1, 0.15) is 0 Å². The van der Waals surface area contributed by atoms with E-state index >= 15 is 0 Å². The van der Waals surface area contributed by atoms with Crippen LogP contribution in [0.25, 0.3) is 139 Å². The van der Waals surface area contributed by atoms with Crippen molar-refractivity contribution >= 4 is 65.4 Å². The fraction of sp³-hybridized carbons (Fsp3) is 0. The molecule has 0 amide bonds. The second-order valence-corrected chi connectivity index (χ2v) is 19.2. The van der Waals surface area contributed by atoms with Crippen LogP contribution in [0, 0.1) is 0 Å². The summed E-state index contributed by atoms with van der Waals surface area (Å²) < 4.78 is 7.18. The fourth-order valence-corrected chi connectivity index (χ4v) is 11.4. The van der Waals surface area contributed by atoms with Gasteiger partial charge in [-0.05, 0) is 95.6 Å². The molecule has 0 radical (unpaired) electrons. The summed E-state index contributed by atoms with van der Waals surface area (Å²) in [5.41, 5.74) is 17.6. The Bertz CT molecular complexity index is 4570. The summed E-state index contributed by atoms with van der Waals surface area (Å²) in [5.74, 6) is 1.87. The third kappa shape index (κ3) is 6.99. The number of hydrogen-bond donors (Lipinski definition) is 0. The van der Waals surface area contributed by atoms with Gasteiger partial charge in [-0.3, -0.25) is 0 Å². The highest BCUT2D eigenvalue weighted by Crippen LogP contribution is 2.41. The number of aromatic nitrogens is 6. The highest BCUT2D eigenvalue weighted by atomic mass is 15.0. The number of rotatable bonds is 8. The topological polar surface area (TPSA) is 53.5 Å². The Labute approximate surface area is 432 Å². The molecule has 11 aromatic carbocycles. The molecule has 0 unspecified atom stereocenters. The Balaban J connectivity index is 0.865. The fourth-order valence-electron chi connectivity index (χ4n) is 11.4. The largest absolute Gasteiger partial charge is 0.309 e. The van der Waals surface area contributed by atoms with Gasteiger partial charge in [0.05, 0.1) is 38.8 Å². The summed E-state index contributed by atoms with van der Waals surface area (Å²) >= 11 is 0. The van der Waals surface area contributed by atoms with E-state index in [0.29, 0.717) is 17.5 Å². The van der Waals surface area contributed by atoms with Crippen molar-refractivity contribution in [2.75, 3.05) is 0 Å². The average molecular weight is 957 g/mol. The molecule has 0 fully saturated rings. The van der Waals surface area contributed by atoms with E-state index in [1.807, 2.05) is 36.4 Å². The van der Waals surface area contributed by atoms with Crippen LogP contribution in [0.15, 0.2) is 267 Å². The zero-order chi connectivity index (χ0) is 49.4. The predicted octanol–water partition coefficient (Wildman–Crippen LogP) is 17.5. The van der Waals surface area contributed by atoms with Crippen molar-refractivity contribution in [3.05, 3.63) is 267 Å². The Hall–Kier alpha value is -10.2. The molecule has 0 saturated heterocycles. The minimum absolute atomic E-state index is 0.609. The van der Waals surface area contributed by atoms with Crippen LogP contribution in [-0.4, -0.2) is 28.7 Å². The van der Waals surface area contributed by atoms with E-state index in [0.717, 1.165) is 66.9 Å². The molecule has 0 spiro atoms. The molecule has 4 aromatic heterocycles. The molecule has 0 saturated carbocycles. The van der Waals surface area contributed by atoms with Gasteiger partial charge >= 0.3 is 0 Å². The first-order valence-corrected chi connectivity index (χ1v) is 25.4. The molecule has 0 atom stereocenters. The van der Waals surface area contributed by atoms with E-state index < -0.39 is 0 Å². The van der Waals surface area contributed by atoms with Gasteiger partial charge in [0.15, 0.2) is 17.5 Å². The van der Waals surface area contributed by atoms with E-state index in [4.69, 9.17) is 15.0 Å². The lowest BCUT2D eigenvalue weighted by molar-refractivity contribution is 1.07. The maximum Gasteiger partial charge on any atom is 0.164 e. The molecule has 0 aliphatic rings. The van der Waals surface area contributed by atoms with Crippen molar-refractivity contribution in [2.24, 2.45) is 0 Å². The Kier molecular flexibility index (Phi) is 9.78. The maximum atomic E-state index is 5.16. The number of fused-ring (bicyclic) bond motifs is 9. The summed E-state index contributed by atoms with van der Waals surface area (Å²) in [5, 5.41) is 7.31. The normalized spacial score (nSPS) is 11.7. The maximum absolute atomic E-state index is 5.16. The van der Waals surface area contributed by atoms with E-state index in [1.165, 1.54) is 54.5 Å². The highest BCUT2D eigenvalue weighted by molar-refractivity contribution is 6.13. The predicted molar refractivity (Wildman–Crippen MR) is 310 cm³/mol. The zero-order valence-electron chi connectivity index (χ0n) is 40.6. The van der Waals surface area contributed by atoms with Crippen LogP contribution in [0.1, 0.15) is 0 Å². The van der Waals surface area contributed by atoms with Gasteiger partial charge < -0.3 is 13.7 Å². The van der Waals surface area contributed by atoms with Crippen LogP contribution in [0.2, 0.25) is 0 Å². The molecule has 350 valence electrons. The second-order valence-electron chi connectivity index (χ2n) is 19.2. The van der Waals surface area contributed by atoms with Crippen molar-refractivity contribution in [1.82, 2.24) is 28.7 Å². The first kappa shape index (κ1) is 42.5. The Morgan fingerprint density at radius 1 is 0.213 bits per heavy atom. The molecular weight excluding hydrogens is 913 g/mol. The lowest BCUT2D eigenvalue weighted by Gasteiger charge is -2.17. The van der Waals surface area contributed by atoms with Crippen LogP contribution in [-0.2, 0) is 0 Å². The first-order chi connectivity index (χ1) is 37.2. The third-order valence-electron chi connectivity index (χ3n) is 14.9. The van der Waals surface area contributed by atoms with Gasteiger partial charge in [-0.1, -0.05) is 188 Å². The van der Waals surface area contributed by atoms with Gasteiger partial charge in [0, 0.05) is 65.9 Å². The van der Waals surface area contributed by atoms with Crippen molar-refractivity contribution in [3.8, 4) is 73.5 Å². The van der Waals surface area contributed by atoms with Crippen LogP contribution in [0.3, 0.4) is 0 Å². The van der Waals surface area contributed by atoms with Gasteiger partial charge in [-0.25, -0.2) is 15.0 Å². The van der Waals surface area contributed by atoms with Crippen molar-refractivity contribution < 1.29 is 0 Å². The number of hydrogen-bond acceptors (Lipinski definition) is 3. The van der Waals surface area contributed by atoms with E-state index in [-0.39, 0.29) is 0 Å². The van der Waals surface area contributed by atoms with Crippen molar-refractivity contribution in [1.29, 1.82) is 0 Å². The van der Waals surface area contributed by atoms with Crippen molar-refractivity contribution in [3.63, 3.8) is 0 Å². The SMILES string of the molecule is c1ccc(-c2nc(-c3ccccc3)nc(-c3ccc(-c4ccc(-n5c6ccccc6c6cc(-c7ccc8c(c7)c7ccccc7n8-c7ccccc7)ccc65)cc4)c(-n4c5ccccc5c5ccccc54)c3)n2)cc1. The highest BCUT2D eigenvalue weighted by Gasteiger charge is 2.21. The molecule has 0 aliphatic carbocycles. The minimum Gasteiger partial charge on any atom is -0.309 e. The van der Waals surface area contributed by atoms with Crippen molar-refractivity contribution in [2.45, 2.75) is 0 Å². The lowest BCUT2D eigenvalue weighted by Crippen LogP contribution is -2.02. The molecule has 6 nitrogen and oxygen atoms in total.